The molecular weight excluding hydrogens is 366 g/mol. The monoisotopic (exact) mass is 397 g/mol. The molecule has 0 unspecified atom stereocenters. The van der Waals surface area contributed by atoms with Crippen LogP contribution in [0.2, 0.25) is 0 Å². The second-order valence-electron chi connectivity index (χ2n) is 6.44. The predicted molar refractivity (Wildman–Crippen MR) is 123 cm³/mol. The van der Waals surface area contributed by atoms with Crippen molar-refractivity contribution in [2.75, 3.05) is 24.2 Å². The van der Waals surface area contributed by atoms with Gasteiger partial charge >= 0.3 is 0 Å². The topological polar surface area (TPSA) is 62.9 Å². The fourth-order valence-electron chi connectivity index (χ4n) is 3.10. The number of nitrogen functional groups attached to an aromatic ring is 1. The third kappa shape index (κ3) is 4.28. The van der Waals surface area contributed by atoms with Crippen LogP contribution in [0.1, 0.15) is 38.8 Å². The molecule has 0 saturated heterocycles. The highest BCUT2D eigenvalue weighted by Crippen LogP contribution is 2.28. The molecule has 5 nitrogen and oxygen atoms in total. The number of rotatable bonds is 5. The molecule has 0 saturated carbocycles. The lowest BCUT2D eigenvalue weighted by molar-refractivity contribution is 0.953. The Morgan fingerprint density at radius 2 is 1.86 bits per heavy atom. The Kier molecular flexibility index (Phi) is 7.40. The molecule has 150 valence electrons. The zero-order chi connectivity index (χ0) is 20.8. The maximum atomic E-state index is 6.06. The predicted octanol–water partition coefficient (Wildman–Crippen LogP) is 5.53. The van der Waals surface area contributed by atoms with Gasteiger partial charge in [-0.1, -0.05) is 26.8 Å². The lowest BCUT2D eigenvalue weighted by atomic mass is 10.1. The summed E-state index contributed by atoms with van der Waals surface area (Å²) in [5.74, 6) is 0.790. The molecule has 6 heteroatoms. The Morgan fingerprint density at radius 3 is 2.50 bits per heavy atom. The van der Waals surface area contributed by atoms with E-state index in [1.165, 1.54) is 11.3 Å². The molecule has 1 aromatic heterocycles. The number of hydrogen-bond donors (Lipinski definition) is 2. The number of aromatic nitrogens is 3. The van der Waals surface area contributed by atoms with Gasteiger partial charge in [-0.25, -0.2) is 0 Å². The molecule has 2 aromatic carbocycles. The number of nitrogens with one attached hydrogen (secondary N) is 1. The number of anilines is 2. The van der Waals surface area contributed by atoms with Gasteiger partial charge in [-0.15, -0.1) is 0 Å². The molecule has 0 radical (unpaired) electrons. The first-order valence-corrected chi connectivity index (χ1v) is 10.2. The second kappa shape index (κ2) is 9.55. The van der Waals surface area contributed by atoms with Crippen molar-refractivity contribution in [1.82, 2.24) is 14.8 Å². The number of aromatic amines is 1. The second-order valence-corrected chi connectivity index (χ2v) is 6.83. The molecule has 0 amide bonds. The van der Waals surface area contributed by atoms with E-state index in [0.717, 1.165) is 41.3 Å². The fourth-order valence-corrected chi connectivity index (χ4v) is 3.34. The van der Waals surface area contributed by atoms with Crippen LogP contribution in [0.15, 0.2) is 36.4 Å². The quantitative estimate of drug-likeness (QED) is 0.439. The molecule has 0 fully saturated rings. The van der Waals surface area contributed by atoms with Crippen molar-refractivity contribution in [3.8, 4) is 17.1 Å². The number of nitrogens with zero attached hydrogens (tertiary/aromatic N) is 3. The van der Waals surface area contributed by atoms with Gasteiger partial charge in [0.1, 0.15) is 0 Å². The van der Waals surface area contributed by atoms with Gasteiger partial charge in [0.25, 0.3) is 0 Å². The minimum Gasteiger partial charge on any atom is -0.399 e. The standard InChI is InChI=1S/C20H25N5S.C2H6/c1-5-14-11-15(8-10-17(14)21)19-22-23-20(26)25(19)16-9-7-13(3)18(12-16)24(4)6-2;1-2/h7-12H,5-6,21H2,1-4H3,(H,23,26);1-2H3. The summed E-state index contributed by atoms with van der Waals surface area (Å²) in [6, 6.07) is 12.4. The number of H-pyrrole nitrogens is 1. The third-order valence-electron chi connectivity index (χ3n) is 4.79. The molecule has 0 spiro atoms. The van der Waals surface area contributed by atoms with Gasteiger partial charge < -0.3 is 10.6 Å². The molecule has 0 atom stereocenters. The van der Waals surface area contributed by atoms with Gasteiger partial charge in [-0.05, 0) is 73.9 Å². The van der Waals surface area contributed by atoms with Crippen molar-refractivity contribution >= 4 is 23.6 Å². The van der Waals surface area contributed by atoms with E-state index in [-0.39, 0.29) is 0 Å². The molecule has 28 heavy (non-hydrogen) atoms. The van der Waals surface area contributed by atoms with Gasteiger partial charge in [-0.3, -0.25) is 9.67 Å². The van der Waals surface area contributed by atoms with Gasteiger partial charge in [0, 0.05) is 30.5 Å². The summed E-state index contributed by atoms with van der Waals surface area (Å²) in [6.07, 6.45) is 0.876. The van der Waals surface area contributed by atoms with Crippen LogP contribution in [0.4, 0.5) is 11.4 Å². The highest BCUT2D eigenvalue weighted by Gasteiger charge is 2.14. The highest BCUT2D eigenvalue weighted by atomic mass is 32.1. The van der Waals surface area contributed by atoms with Crippen LogP contribution in [0.5, 0.6) is 0 Å². The van der Waals surface area contributed by atoms with Crippen LogP contribution >= 0.6 is 12.2 Å². The van der Waals surface area contributed by atoms with Gasteiger partial charge in [0.05, 0.1) is 5.69 Å². The summed E-state index contributed by atoms with van der Waals surface area (Å²) in [4.78, 5) is 2.22. The van der Waals surface area contributed by atoms with Crippen molar-refractivity contribution in [3.63, 3.8) is 0 Å². The van der Waals surface area contributed by atoms with Crippen LogP contribution in [0.3, 0.4) is 0 Å². The first kappa shape index (κ1) is 21.7. The van der Waals surface area contributed by atoms with E-state index in [1.807, 2.05) is 30.5 Å². The number of benzene rings is 2. The number of aryl methyl sites for hydroxylation is 2. The Labute approximate surface area is 173 Å². The van der Waals surface area contributed by atoms with E-state index in [0.29, 0.717) is 4.77 Å². The summed E-state index contributed by atoms with van der Waals surface area (Å²) >= 11 is 5.52. The highest BCUT2D eigenvalue weighted by molar-refractivity contribution is 7.71. The number of hydrogen-bond acceptors (Lipinski definition) is 4. The molecule has 1 heterocycles. The van der Waals surface area contributed by atoms with Crippen molar-refractivity contribution in [3.05, 3.63) is 52.3 Å². The normalized spacial score (nSPS) is 10.4. The summed E-state index contributed by atoms with van der Waals surface area (Å²) < 4.78 is 2.55. The lowest BCUT2D eigenvalue weighted by Gasteiger charge is -2.20. The Balaban J connectivity index is 0.00000136. The SMILES string of the molecule is CC.CCc1cc(-c2n[nH]c(=S)n2-c2ccc(C)c(N(C)CC)c2)ccc1N. The van der Waals surface area contributed by atoms with Crippen molar-refractivity contribution in [2.24, 2.45) is 0 Å². The molecule has 0 aliphatic heterocycles. The summed E-state index contributed by atoms with van der Waals surface area (Å²) in [6.45, 7) is 11.3. The van der Waals surface area contributed by atoms with Gasteiger partial charge in [0.2, 0.25) is 0 Å². The Bertz CT molecular complexity index is 987. The maximum Gasteiger partial charge on any atom is 0.200 e. The minimum absolute atomic E-state index is 0.573. The zero-order valence-electron chi connectivity index (χ0n) is 17.7. The average molecular weight is 398 g/mol. The van der Waals surface area contributed by atoms with Crippen LogP contribution in [0, 0.1) is 11.7 Å². The van der Waals surface area contributed by atoms with E-state index in [1.54, 1.807) is 0 Å². The Hall–Kier alpha value is -2.60. The summed E-state index contributed by atoms with van der Waals surface area (Å²) in [7, 11) is 2.09. The van der Waals surface area contributed by atoms with E-state index in [9.17, 15) is 0 Å². The first-order valence-electron chi connectivity index (χ1n) is 9.84. The average Bonchev–Trinajstić information content (AvgIpc) is 3.11. The first-order chi connectivity index (χ1) is 13.5. The Morgan fingerprint density at radius 1 is 1.14 bits per heavy atom. The largest absolute Gasteiger partial charge is 0.399 e. The molecule has 3 aromatic rings. The van der Waals surface area contributed by atoms with Gasteiger partial charge in [0.15, 0.2) is 10.6 Å². The molecular formula is C22H31N5S. The van der Waals surface area contributed by atoms with Crippen molar-refractivity contribution < 1.29 is 0 Å². The molecule has 3 N–H and O–H groups in total. The van der Waals surface area contributed by atoms with Crippen molar-refractivity contribution in [2.45, 2.75) is 41.0 Å². The van der Waals surface area contributed by atoms with Crippen LogP contribution in [-0.4, -0.2) is 28.4 Å². The third-order valence-corrected chi connectivity index (χ3v) is 5.06. The summed E-state index contributed by atoms with van der Waals surface area (Å²) in [5, 5.41) is 7.41. The van der Waals surface area contributed by atoms with Crippen LogP contribution in [-0.2, 0) is 6.42 Å². The molecule has 0 aliphatic carbocycles. The molecule has 0 bridgehead atoms. The van der Waals surface area contributed by atoms with E-state index in [2.05, 4.69) is 67.2 Å². The smallest absolute Gasteiger partial charge is 0.200 e. The van der Waals surface area contributed by atoms with Crippen LogP contribution in [0.25, 0.3) is 17.1 Å². The lowest BCUT2D eigenvalue weighted by Crippen LogP contribution is -2.17. The van der Waals surface area contributed by atoms with Crippen molar-refractivity contribution in [1.29, 1.82) is 0 Å². The van der Waals surface area contributed by atoms with Gasteiger partial charge in [-0.2, -0.15) is 5.10 Å². The zero-order valence-corrected chi connectivity index (χ0v) is 18.5. The molecule has 0 aliphatic rings. The van der Waals surface area contributed by atoms with Crippen LogP contribution < -0.4 is 10.6 Å². The van der Waals surface area contributed by atoms with E-state index in [4.69, 9.17) is 18.0 Å². The fraction of sp³-hybridized carbons (Fsp3) is 0.364. The number of nitrogens with two attached hydrogens (primary N) is 1. The van der Waals surface area contributed by atoms with E-state index < -0.39 is 0 Å². The maximum absolute atomic E-state index is 6.06. The molecule has 3 rings (SSSR count). The summed E-state index contributed by atoms with van der Waals surface area (Å²) in [5.41, 5.74) is 12.4. The van der Waals surface area contributed by atoms with E-state index >= 15 is 0 Å². The minimum atomic E-state index is 0.573.